The van der Waals surface area contributed by atoms with Crippen LogP contribution in [0.3, 0.4) is 0 Å². The van der Waals surface area contributed by atoms with Crippen molar-refractivity contribution >= 4 is 9.84 Å². The van der Waals surface area contributed by atoms with Crippen molar-refractivity contribution in [3.05, 3.63) is 33.8 Å². The van der Waals surface area contributed by atoms with Crippen LogP contribution < -0.4 is 0 Å². The Labute approximate surface area is 83.7 Å². The van der Waals surface area contributed by atoms with Gasteiger partial charge in [0, 0.05) is 6.08 Å². The largest absolute Gasteiger partial charge is 0.492 e. The topological polar surface area (TPSA) is 43.4 Å². The van der Waals surface area contributed by atoms with Crippen LogP contribution in [0.2, 0.25) is 0 Å². The summed E-state index contributed by atoms with van der Waals surface area (Å²) in [6.45, 7) is 2.65. The Balaban J connectivity index is 2.16. The summed E-state index contributed by atoms with van der Waals surface area (Å²) in [4.78, 5) is 0.683. The third-order valence-electron chi connectivity index (χ3n) is 2.27. The zero-order valence-electron chi connectivity index (χ0n) is 7.99. The molecule has 0 radical (unpaired) electrons. The first-order valence-electron chi connectivity index (χ1n) is 4.68. The predicted molar refractivity (Wildman–Crippen MR) is 54.0 cm³/mol. The molecule has 0 atom stereocenters. The molecule has 0 saturated heterocycles. The van der Waals surface area contributed by atoms with E-state index >= 15 is 0 Å². The Morgan fingerprint density at radius 2 is 2.14 bits per heavy atom. The molecule has 0 aromatic heterocycles. The van der Waals surface area contributed by atoms with Gasteiger partial charge in [-0.05, 0) is 18.6 Å². The van der Waals surface area contributed by atoms with Crippen molar-refractivity contribution in [2.75, 3.05) is 6.61 Å². The van der Waals surface area contributed by atoms with Crippen LogP contribution in [0.25, 0.3) is 0 Å². The monoisotopic (exact) mass is 212 g/mol. The van der Waals surface area contributed by atoms with Crippen molar-refractivity contribution in [1.82, 2.24) is 0 Å². The molecule has 76 valence electrons. The van der Waals surface area contributed by atoms with Crippen LogP contribution >= 0.6 is 0 Å². The van der Waals surface area contributed by atoms with Gasteiger partial charge >= 0.3 is 0 Å². The van der Waals surface area contributed by atoms with E-state index in [2.05, 4.69) is 6.92 Å². The van der Waals surface area contributed by atoms with E-state index in [9.17, 15) is 8.42 Å². The van der Waals surface area contributed by atoms with Gasteiger partial charge in [-0.25, -0.2) is 8.42 Å². The predicted octanol–water partition coefficient (Wildman–Crippen LogP) is 1.90. The number of ether oxygens (including phenoxy) is 1. The average Bonchev–Trinajstić information content (AvgIpc) is 2.56. The summed E-state index contributed by atoms with van der Waals surface area (Å²) in [6, 6.07) is 0. The normalized spacial score (nSPS) is 21.6. The second-order valence-corrected chi connectivity index (χ2v) is 5.23. The van der Waals surface area contributed by atoms with E-state index in [-0.39, 0.29) is 0 Å². The molecule has 2 heterocycles. The fraction of sp³-hybridized carbons (Fsp3) is 0.400. The van der Waals surface area contributed by atoms with Crippen LogP contribution in [-0.2, 0) is 14.6 Å². The molecule has 14 heavy (non-hydrogen) atoms. The van der Waals surface area contributed by atoms with E-state index in [1.54, 1.807) is 18.2 Å². The Hall–Kier alpha value is -1.03. The van der Waals surface area contributed by atoms with Gasteiger partial charge in [-0.3, -0.25) is 0 Å². The van der Waals surface area contributed by atoms with E-state index in [1.807, 2.05) is 0 Å². The van der Waals surface area contributed by atoms with Crippen molar-refractivity contribution in [2.45, 2.75) is 19.8 Å². The molecule has 0 aromatic rings. The van der Waals surface area contributed by atoms with Gasteiger partial charge in [0.2, 0.25) is 9.84 Å². The van der Waals surface area contributed by atoms with Crippen LogP contribution in [0.15, 0.2) is 33.8 Å². The first-order valence-corrected chi connectivity index (χ1v) is 6.16. The Morgan fingerprint density at radius 1 is 1.36 bits per heavy atom. The molecule has 0 aliphatic carbocycles. The fourth-order valence-electron chi connectivity index (χ4n) is 1.44. The molecule has 0 N–H and O–H groups in total. The number of allylic oxidation sites excluding steroid dienone is 3. The second kappa shape index (κ2) is 3.28. The maximum Gasteiger partial charge on any atom is 0.210 e. The van der Waals surface area contributed by atoms with Crippen LogP contribution in [0.4, 0.5) is 0 Å². The van der Waals surface area contributed by atoms with Crippen LogP contribution in [0.1, 0.15) is 19.8 Å². The summed E-state index contributed by atoms with van der Waals surface area (Å²) >= 11 is 0. The Bertz CT molecular complexity index is 438. The third-order valence-corrected chi connectivity index (χ3v) is 4.06. The summed E-state index contributed by atoms with van der Waals surface area (Å²) in [7, 11) is -3.17. The van der Waals surface area contributed by atoms with Gasteiger partial charge in [0.25, 0.3) is 0 Å². The highest BCUT2D eigenvalue weighted by Gasteiger charge is 2.34. The van der Waals surface area contributed by atoms with Crippen molar-refractivity contribution in [3.8, 4) is 0 Å². The van der Waals surface area contributed by atoms with Gasteiger partial charge in [0.05, 0.1) is 11.5 Å². The average molecular weight is 212 g/mol. The minimum Gasteiger partial charge on any atom is -0.492 e. The molecule has 0 aromatic carbocycles. The molecule has 0 fully saturated rings. The summed E-state index contributed by atoms with van der Waals surface area (Å²) in [5.74, 6) is 0.510. The van der Waals surface area contributed by atoms with Gasteiger partial charge in [-0.1, -0.05) is 13.3 Å². The number of hydrogen-bond donors (Lipinski definition) is 0. The number of hydrogen-bond acceptors (Lipinski definition) is 3. The summed E-state index contributed by atoms with van der Waals surface area (Å²) in [5, 5.41) is 0. The molecule has 0 saturated carbocycles. The molecule has 2 rings (SSSR count). The molecule has 0 amide bonds. The minimum atomic E-state index is -3.17. The van der Waals surface area contributed by atoms with E-state index in [0.717, 1.165) is 12.8 Å². The molecule has 0 unspecified atom stereocenters. The van der Waals surface area contributed by atoms with E-state index in [4.69, 9.17) is 4.74 Å². The van der Waals surface area contributed by atoms with E-state index in [0.29, 0.717) is 22.2 Å². The van der Waals surface area contributed by atoms with Crippen LogP contribution in [0.5, 0.6) is 0 Å². The highest BCUT2D eigenvalue weighted by atomic mass is 32.2. The molecule has 0 spiro atoms. The first-order chi connectivity index (χ1) is 6.66. The van der Waals surface area contributed by atoms with Crippen molar-refractivity contribution in [1.29, 1.82) is 0 Å². The molecule has 4 heteroatoms. The highest BCUT2D eigenvalue weighted by Crippen LogP contribution is 2.37. The number of fused-ring (bicyclic) bond motifs is 2. The van der Waals surface area contributed by atoms with Crippen LogP contribution in [-0.4, -0.2) is 15.0 Å². The van der Waals surface area contributed by atoms with Gasteiger partial charge < -0.3 is 4.74 Å². The maximum atomic E-state index is 11.5. The lowest BCUT2D eigenvalue weighted by Crippen LogP contribution is -1.97. The van der Waals surface area contributed by atoms with Crippen molar-refractivity contribution in [2.24, 2.45) is 0 Å². The molecular formula is C10H12O3S. The minimum absolute atomic E-state index is 0.323. The molecule has 2 aliphatic rings. The van der Waals surface area contributed by atoms with E-state index in [1.165, 1.54) is 0 Å². The number of rotatable bonds is 4. The van der Waals surface area contributed by atoms with Gasteiger partial charge in [-0.15, -0.1) is 0 Å². The van der Waals surface area contributed by atoms with Gasteiger partial charge in [0.15, 0.2) is 0 Å². The lowest BCUT2D eigenvalue weighted by molar-refractivity contribution is 0.219. The zero-order chi connectivity index (χ0) is 10.2. The SMILES string of the molecule is CCCCOC1=C2C=CC(=C1)S2(=O)=O. The number of sulfone groups is 1. The molecular weight excluding hydrogens is 200 g/mol. The van der Waals surface area contributed by atoms with E-state index < -0.39 is 9.84 Å². The Kier molecular flexibility index (Phi) is 2.23. The lowest BCUT2D eigenvalue weighted by atomic mass is 10.3. The zero-order valence-corrected chi connectivity index (χ0v) is 8.80. The quantitative estimate of drug-likeness (QED) is 0.668. The summed E-state index contributed by atoms with van der Waals surface area (Å²) < 4.78 is 28.4. The lowest BCUT2D eigenvalue weighted by Gasteiger charge is -2.05. The molecule has 2 aliphatic heterocycles. The smallest absolute Gasteiger partial charge is 0.210 e. The maximum absolute atomic E-state index is 11.5. The highest BCUT2D eigenvalue weighted by molar-refractivity contribution is 8.00. The van der Waals surface area contributed by atoms with Gasteiger partial charge in [-0.2, -0.15) is 0 Å². The Morgan fingerprint density at radius 3 is 2.64 bits per heavy atom. The fourth-order valence-corrected chi connectivity index (χ4v) is 2.84. The molecule has 2 bridgehead atoms. The van der Waals surface area contributed by atoms with Gasteiger partial charge in [0.1, 0.15) is 10.7 Å². The van der Waals surface area contributed by atoms with Crippen molar-refractivity contribution < 1.29 is 13.2 Å². The van der Waals surface area contributed by atoms with Crippen molar-refractivity contribution in [3.63, 3.8) is 0 Å². The molecule has 3 nitrogen and oxygen atoms in total. The summed E-state index contributed by atoms with van der Waals surface area (Å²) in [6.07, 6.45) is 6.80. The first kappa shape index (κ1) is 9.52. The number of unbranched alkanes of at least 4 members (excludes halogenated alkanes) is 1. The third kappa shape index (κ3) is 1.30. The second-order valence-electron chi connectivity index (χ2n) is 3.31. The standard InChI is InChI=1S/C10H12O3S/c1-2-3-6-13-9-7-8-4-5-10(9)14(8,11)12/h4-5,7H,2-3,6H2,1H3. The summed E-state index contributed by atoms with van der Waals surface area (Å²) in [5.41, 5.74) is 0. The van der Waals surface area contributed by atoms with Crippen LogP contribution in [0, 0.1) is 0 Å².